The summed E-state index contributed by atoms with van der Waals surface area (Å²) in [6, 6.07) is 5.85. The molecule has 2 N–H and O–H groups in total. The zero-order valence-corrected chi connectivity index (χ0v) is 9.76. The van der Waals surface area contributed by atoms with Crippen LogP contribution in [0.25, 0.3) is 10.8 Å². The maximum atomic E-state index is 5.59. The van der Waals surface area contributed by atoms with Crippen molar-refractivity contribution in [1.29, 1.82) is 0 Å². The monoisotopic (exact) mass is 300 g/mol. The molecule has 1 aromatic heterocycles. The number of fused-ring (bicyclic) bond motifs is 1. The Hall–Kier alpha value is -0.610. The molecule has 0 unspecified atom stereocenters. The summed E-state index contributed by atoms with van der Waals surface area (Å²) >= 11 is 6.88. The molecular formula is C9H6Br2N2. The lowest BCUT2D eigenvalue weighted by Crippen LogP contribution is -1.89. The second-order valence-electron chi connectivity index (χ2n) is 2.72. The lowest BCUT2D eigenvalue weighted by molar-refractivity contribution is 1.37. The zero-order valence-electron chi connectivity index (χ0n) is 6.59. The van der Waals surface area contributed by atoms with Gasteiger partial charge in [0.15, 0.2) is 0 Å². The lowest BCUT2D eigenvalue weighted by atomic mass is 10.2. The van der Waals surface area contributed by atoms with Gasteiger partial charge in [0.1, 0.15) is 5.82 Å². The third kappa shape index (κ3) is 1.69. The van der Waals surface area contributed by atoms with E-state index in [0.29, 0.717) is 5.82 Å². The molecule has 0 aliphatic rings. The van der Waals surface area contributed by atoms with Crippen LogP contribution in [0.1, 0.15) is 0 Å². The van der Waals surface area contributed by atoms with E-state index < -0.39 is 0 Å². The molecule has 1 heterocycles. The number of anilines is 1. The minimum atomic E-state index is 0.538. The Kier molecular flexibility index (Phi) is 2.26. The van der Waals surface area contributed by atoms with E-state index in [9.17, 15) is 0 Å². The van der Waals surface area contributed by atoms with Crippen molar-refractivity contribution in [2.24, 2.45) is 0 Å². The number of nitrogens with zero attached hydrogens (tertiary/aromatic N) is 1. The fourth-order valence-corrected chi connectivity index (χ4v) is 2.57. The van der Waals surface area contributed by atoms with Crippen molar-refractivity contribution in [3.63, 3.8) is 0 Å². The van der Waals surface area contributed by atoms with Gasteiger partial charge in [-0.1, -0.05) is 31.9 Å². The largest absolute Gasteiger partial charge is 0.384 e. The molecule has 0 bridgehead atoms. The van der Waals surface area contributed by atoms with Crippen LogP contribution in [-0.4, -0.2) is 4.98 Å². The summed E-state index contributed by atoms with van der Waals surface area (Å²) in [4.78, 5) is 4.03. The minimum Gasteiger partial charge on any atom is -0.384 e. The highest BCUT2D eigenvalue weighted by Gasteiger charge is 2.01. The van der Waals surface area contributed by atoms with Crippen molar-refractivity contribution in [2.45, 2.75) is 0 Å². The Balaban J connectivity index is 2.87. The van der Waals surface area contributed by atoms with E-state index in [0.717, 1.165) is 19.7 Å². The van der Waals surface area contributed by atoms with Crippen molar-refractivity contribution in [3.8, 4) is 0 Å². The minimum absolute atomic E-state index is 0.538. The molecule has 0 fully saturated rings. The smallest absolute Gasteiger partial charge is 0.123 e. The Morgan fingerprint density at radius 3 is 2.69 bits per heavy atom. The second kappa shape index (κ2) is 3.27. The molecule has 0 amide bonds. The van der Waals surface area contributed by atoms with Gasteiger partial charge < -0.3 is 5.73 Å². The number of rotatable bonds is 0. The molecule has 2 rings (SSSR count). The first-order valence-corrected chi connectivity index (χ1v) is 5.26. The molecule has 2 nitrogen and oxygen atoms in total. The van der Waals surface area contributed by atoms with Crippen molar-refractivity contribution in [2.75, 3.05) is 5.73 Å². The van der Waals surface area contributed by atoms with Gasteiger partial charge in [0.25, 0.3) is 0 Å². The molecule has 2 aromatic rings. The average molecular weight is 302 g/mol. The van der Waals surface area contributed by atoms with Crippen LogP contribution in [0.4, 0.5) is 5.82 Å². The van der Waals surface area contributed by atoms with Gasteiger partial charge in [-0.2, -0.15) is 0 Å². The van der Waals surface area contributed by atoms with Gasteiger partial charge >= 0.3 is 0 Å². The third-order valence-corrected chi connectivity index (χ3v) is 2.89. The quantitative estimate of drug-likeness (QED) is 0.810. The summed E-state index contributed by atoms with van der Waals surface area (Å²) < 4.78 is 2.05. The molecule has 0 saturated heterocycles. The molecule has 0 spiro atoms. The summed E-state index contributed by atoms with van der Waals surface area (Å²) in [7, 11) is 0. The number of nitrogen functional groups attached to an aromatic ring is 1. The maximum absolute atomic E-state index is 5.59. The molecular weight excluding hydrogens is 296 g/mol. The van der Waals surface area contributed by atoms with Crippen LogP contribution in [0, 0.1) is 0 Å². The number of hydrogen-bond donors (Lipinski definition) is 1. The van der Waals surface area contributed by atoms with Crippen LogP contribution in [-0.2, 0) is 0 Å². The van der Waals surface area contributed by atoms with Gasteiger partial charge in [0, 0.05) is 25.9 Å². The van der Waals surface area contributed by atoms with Crippen LogP contribution in [0.15, 0.2) is 33.3 Å². The number of nitrogens with two attached hydrogens (primary N) is 1. The van der Waals surface area contributed by atoms with Gasteiger partial charge in [-0.3, -0.25) is 0 Å². The average Bonchev–Trinajstić information content (AvgIpc) is 2.06. The van der Waals surface area contributed by atoms with E-state index in [2.05, 4.69) is 36.8 Å². The summed E-state index contributed by atoms with van der Waals surface area (Å²) in [6.45, 7) is 0. The Bertz CT molecular complexity index is 468. The molecule has 0 aliphatic carbocycles. The fraction of sp³-hybridized carbons (Fsp3) is 0. The fourth-order valence-electron chi connectivity index (χ4n) is 1.19. The third-order valence-electron chi connectivity index (χ3n) is 1.77. The summed E-state index contributed by atoms with van der Waals surface area (Å²) in [6.07, 6.45) is 1.76. The highest BCUT2D eigenvalue weighted by molar-refractivity contribution is 9.11. The Morgan fingerprint density at radius 2 is 1.92 bits per heavy atom. The SMILES string of the molecule is Nc1cc2c(Br)cc(Br)cc2cn1. The van der Waals surface area contributed by atoms with Crippen molar-refractivity contribution in [1.82, 2.24) is 4.98 Å². The molecule has 66 valence electrons. The topological polar surface area (TPSA) is 38.9 Å². The van der Waals surface area contributed by atoms with Crippen LogP contribution >= 0.6 is 31.9 Å². The number of aromatic nitrogens is 1. The molecule has 13 heavy (non-hydrogen) atoms. The Morgan fingerprint density at radius 1 is 1.15 bits per heavy atom. The van der Waals surface area contributed by atoms with Gasteiger partial charge in [-0.15, -0.1) is 0 Å². The number of hydrogen-bond acceptors (Lipinski definition) is 2. The lowest BCUT2D eigenvalue weighted by Gasteiger charge is -2.02. The van der Waals surface area contributed by atoms with E-state index in [4.69, 9.17) is 5.73 Å². The number of halogens is 2. The van der Waals surface area contributed by atoms with Crippen LogP contribution in [0.2, 0.25) is 0 Å². The highest BCUT2D eigenvalue weighted by Crippen LogP contribution is 2.28. The summed E-state index contributed by atoms with van der Waals surface area (Å²) in [5.74, 6) is 0.538. The molecule has 0 saturated carbocycles. The molecule has 4 heteroatoms. The maximum Gasteiger partial charge on any atom is 0.123 e. The number of benzene rings is 1. The van der Waals surface area contributed by atoms with Gasteiger partial charge in [-0.05, 0) is 18.2 Å². The standard InChI is InChI=1S/C9H6Br2N2/c10-6-1-5-4-13-9(12)3-7(5)8(11)2-6/h1-4H,(H2,12,13). The van der Waals surface area contributed by atoms with Crippen molar-refractivity contribution in [3.05, 3.63) is 33.3 Å². The van der Waals surface area contributed by atoms with E-state index >= 15 is 0 Å². The van der Waals surface area contributed by atoms with Crippen LogP contribution in [0.5, 0.6) is 0 Å². The van der Waals surface area contributed by atoms with E-state index in [1.807, 2.05) is 18.2 Å². The molecule has 1 aromatic carbocycles. The van der Waals surface area contributed by atoms with E-state index in [1.165, 1.54) is 0 Å². The second-order valence-corrected chi connectivity index (χ2v) is 4.49. The predicted octanol–water partition coefficient (Wildman–Crippen LogP) is 3.34. The normalized spacial score (nSPS) is 10.6. The van der Waals surface area contributed by atoms with Crippen molar-refractivity contribution >= 4 is 48.5 Å². The molecule has 0 aliphatic heterocycles. The van der Waals surface area contributed by atoms with Gasteiger partial charge in [0.05, 0.1) is 0 Å². The summed E-state index contributed by atoms with van der Waals surface area (Å²) in [5, 5.41) is 2.14. The molecule has 0 atom stereocenters. The van der Waals surface area contributed by atoms with Crippen LogP contribution < -0.4 is 5.73 Å². The predicted molar refractivity (Wildman–Crippen MR) is 61.6 cm³/mol. The van der Waals surface area contributed by atoms with Crippen molar-refractivity contribution < 1.29 is 0 Å². The first kappa shape index (κ1) is 8.97. The first-order valence-electron chi connectivity index (χ1n) is 3.67. The summed E-state index contributed by atoms with van der Waals surface area (Å²) in [5.41, 5.74) is 5.59. The van der Waals surface area contributed by atoms with Gasteiger partial charge in [0.2, 0.25) is 0 Å². The van der Waals surface area contributed by atoms with E-state index in [1.54, 1.807) is 6.20 Å². The highest BCUT2D eigenvalue weighted by atomic mass is 79.9. The van der Waals surface area contributed by atoms with Crippen LogP contribution in [0.3, 0.4) is 0 Å². The first-order chi connectivity index (χ1) is 6.16. The number of pyridine rings is 1. The zero-order chi connectivity index (χ0) is 9.42. The Labute approximate surface area is 92.4 Å². The van der Waals surface area contributed by atoms with Gasteiger partial charge in [-0.25, -0.2) is 4.98 Å². The van der Waals surface area contributed by atoms with E-state index in [-0.39, 0.29) is 0 Å². The molecule has 0 radical (unpaired) electrons.